The van der Waals surface area contributed by atoms with Crippen LogP contribution in [0.4, 0.5) is 11.6 Å². The van der Waals surface area contributed by atoms with Crippen molar-refractivity contribution in [2.75, 3.05) is 11.1 Å². The second kappa shape index (κ2) is 7.01. The van der Waals surface area contributed by atoms with Gasteiger partial charge in [-0.05, 0) is 12.5 Å². The Morgan fingerprint density at radius 2 is 2.08 bits per heavy atom. The smallest absolute Gasteiger partial charge is 0.255 e. The molecule has 0 spiro atoms. The van der Waals surface area contributed by atoms with E-state index in [9.17, 15) is 0 Å². The Labute approximate surface area is 154 Å². The lowest BCUT2D eigenvalue weighted by atomic mass is 10.2. The van der Waals surface area contributed by atoms with E-state index in [1.807, 2.05) is 55.5 Å². The molecule has 0 fully saturated rings. The summed E-state index contributed by atoms with van der Waals surface area (Å²) >= 11 is 1.52. The molecule has 0 aliphatic rings. The van der Waals surface area contributed by atoms with Gasteiger partial charge in [-0.3, -0.25) is 5.10 Å². The molecule has 0 amide bonds. The van der Waals surface area contributed by atoms with Crippen molar-refractivity contribution < 1.29 is 0 Å². The average Bonchev–Trinajstić information content (AvgIpc) is 3.27. The van der Waals surface area contributed by atoms with E-state index in [-0.39, 0.29) is 0 Å². The van der Waals surface area contributed by atoms with Gasteiger partial charge in [0, 0.05) is 23.6 Å². The van der Waals surface area contributed by atoms with Crippen LogP contribution in [0.3, 0.4) is 0 Å². The SMILES string of the molecule is C=CCSc1nc2nc(C)cc(Nc3cc(-c4ccccc4)[nH]n3)n2n1. The fourth-order valence-corrected chi connectivity index (χ4v) is 3.09. The van der Waals surface area contributed by atoms with Crippen LogP contribution in [0.1, 0.15) is 5.69 Å². The molecular formula is C18H17N7S. The van der Waals surface area contributed by atoms with Crippen molar-refractivity contribution >= 4 is 29.2 Å². The van der Waals surface area contributed by atoms with Gasteiger partial charge < -0.3 is 5.32 Å². The van der Waals surface area contributed by atoms with Crippen LogP contribution in [0.5, 0.6) is 0 Å². The molecular weight excluding hydrogens is 346 g/mol. The summed E-state index contributed by atoms with van der Waals surface area (Å²) in [4.78, 5) is 8.90. The van der Waals surface area contributed by atoms with Gasteiger partial charge in [-0.2, -0.15) is 14.6 Å². The van der Waals surface area contributed by atoms with Crippen LogP contribution in [0.15, 0.2) is 60.3 Å². The van der Waals surface area contributed by atoms with Crippen LogP contribution in [-0.4, -0.2) is 35.5 Å². The summed E-state index contributed by atoms with van der Waals surface area (Å²) in [6, 6.07) is 13.9. The number of rotatable bonds is 6. The Morgan fingerprint density at radius 3 is 2.88 bits per heavy atom. The number of hydrogen-bond acceptors (Lipinski definition) is 6. The highest BCUT2D eigenvalue weighted by atomic mass is 32.2. The number of fused-ring (bicyclic) bond motifs is 1. The third-order valence-corrected chi connectivity index (χ3v) is 4.50. The van der Waals surface area contributed by atoms with E-state index >= 15 is 0 Å². The molecule has 0 unspecified atom stereocenters. The van der Waals surface area contributed by atoms with Crippen LogP contribution in [0.25, 0.3) is 17.0 Å². The van der Waals surface area contributed by atoms with Crippen LogP contribution in [0.2, 0.25) is 0 Å². The number of H-pyrrole nitrogens is 1. The van der Waals surface area contributed by atoms with Crippen molar-refractivity contribution in [2.45, 2.75) is 12.1 Å². The van der Waals surface area contributed by atoms with Crippen molar-refractivity contribution in [3.63, 3.8) is 0 Å². The maximum Gasteiger partial charge on any atom is 0.255 e. The number of thioether (sulfide) groups is 1. The third kappa shape index (κ3) is 3.31. The lowest BCUT2D eigenvalue weighted by Gasteiger charge is -2.05. The second-order valence-corrected chi connectivity index (χ2v) is 6.63. The van der Waals surface area contributed by atoms with Gasteiger partial charge in [-0.1, -0.05) is 48.2 Å². The first-order valence-corrected chi connectivity index (χ1v) is 9.07. The predicted octanol–water partition coefficient (Wildman–Crippen LogP) is 3.84. The van der Waals surface area contributed by atoms with Crippen LogP contribution < -0.4 is 5.32 Å². The highest BCUT2D eigenvalue weighted by molar-refractivity contribution is 7.99. The lowest BCUT2D eigenvalue weighted by molar-refractivity contribution is 0.881. The summed E-state index contributed by atoms with van der Waals surface area (Å²) in [7, 11) is 0. The van der Waals surface area contributed by atoms with Gasteiger partial charge in [-0.25, -0.2) is 4.98 Å². The lowest BCUT2D eigenvalue weighted by Crippen LogP contribution is -2.02. The summed E-state index contributed by atoms with van der Waals surface area (Å²) < 4.78 is 1.69. The summed E-state index contributed by atoms with van der Waals surface area (Å²) in [5, 5.41) is 15.9. The number of nitrogens with zero attached hydrogens (tertiary/aromatic N) is 5. The molecule has 0 saturated carbocycles. The van der Waals surface area contributed by atoms with Gasteiger partial charge in [0.1, 0.15) is 5.82 Å². The first-order valence-electron chi connectivity index (χ1n) is 8.09. The molecule has 0 bridgehead atoms. The normalized spacial score (nSPS) is 11.0. The second-order valence-electron chi connectivity index (χ2n) is 5.65. The molecule has 0 aliphatic carbocycles. The molecule has 0 aliphatic heterocycles. The molecule has 3 heterocycles. The largest absolute Gasteiger partial charge is 0.323 e. The van der Waals surface area contributed by atoms with E-state index in [1.165, 1.54) is 11.8 Å². The maximum atomic E-state index is 4.51. The van der Waals surface area contributed by atoms with E-state index in [2.05, 4.69) is 37.2 Å². The molecule has 4 aromatic rings. The number of anilines is 2. The summed E-state index contributed by atoms with van der Waals surface area (Å²) in [6.07, 6.45) is 1.82. The first-order chi connectivity index (χ1) is 12.7. The van der Waals surface area contributed by atoms with Gasteiger partial charge in [0.15, 0.2) is 5.82 Å². The van der Waals surface area contributed by atoms with Crippen molar-refractivity contribution in [1.82, 2.24) is 29.8 Å². The fourth-order valence-electron chi connectivity index (χ4n) is 2.53. The minimum atomic E-state index is 0.554. The minimum Gasteiger partial charge on any atom is -0.323 e. The molecule has 7 nitrogen and oxygen atoms in total. The number of benzene rings is 1. The van der Waals surface area contributed by atoms with E-state index < -0.39 is 0 Å². The van der Waals surface area contributed by atoms with Crippen molar-refractivity contribution in [1.29, 1.82) is 0 Å². The van der Waals surface area contributed by atoms with Gasteiger partial charge in [0.05, 0.1) is 5.69 Å². The molecule has 0 radical (unpaired) electrons. The van der Waals surface area contributed by atoms with E-state index in [4.69, 9.17) is 0 Å². The van der Waals surface area contributed by atoms with Gasteiger partial charge in [0.2, 0.25) is 5.16 Å². The predicted molar refractivity (Wildman–Crippen MR) is 104 cm³/mol. The zero-order valence-corrected chi connectivity index (χ0v) is 15.0. The van der Waals surface area contributed by atoms with Crippen LogP contribution >= 0.6 is 11.8 Å². The average molecular weight is 363 g/mol. The Bertz CT molecular complexity index is 1050. The number of hydrogen-bond donors (Lipinski definition) is 2. The topological polar surface area (TPSA) is 83.8 Å². The zero-order chi connectivity index (χ0) is 17.9. The van der Waals surface area contributed by atoms with Crippen LogP contribution in [-0.2, 0) is 0 Å². The minimum absolute atomic E-state index is 0.554. The molecule has 4 rings (SSSR count). The Morgan fingerprint density at radius 1 is 1.23 bits per heavy atom. The van der Waals surface area contributed by atoms with Crippen molar-refractivity contribution in [3.8, 4) is 11.3 Å². The highest BCUT2D eigenvalue weighted by Crippen LogP contribution is 2.23. The molecule has 1 aromatic carbocycles. The third-order valence-electron chi connectivity index (χ3n) is 3.67. The van der Waals surface area contributed by atoms with E-state index in [1.54, 1.807) is 4.52 Å². The highest BCUT2D eigenvalue weighted by Gasteiger charge is 2.12. The monoisotopic (exact) mass is 363 g/mol. The Hall–Kier alpha value is -3.13. The van der Waals surface area contributed by atoms with Gasteiger partial charge in [-0.15, -0.1) is 11.7 Å². The quantitative estimate of drug-likeness (QED) is 0.400. The molecule has 0 atom stereocenters. The van der Waals surface area contributed by atoms with Gasteiger partial charge in [0.25, 0.3) is 5.78 Å². The number of nitrogens with one attached hydrogen (secondary N) is 2. The molecule has 0 saturated heterocycles. The van der Waals surface area contributed by atoms with E-state index in [0.29, 0.717) is 16.8 Å². The molecule has 130 valence electrons. The summed E-state index contributed by atoms with van der Waals surface area (Å²) in [5.74, 6) is 2.76. The van der Waals surface area contributed by atoms with E-state index in [0.717, 1.165) is 28.5 Å². The Balaban J connectivity index is 1.65. The number of aryl methyl sites for hydroxylation is 1. The molecule has 26 heavy (non-hydrogen) atoms. The standard InChI is InChI=1S/C18H17N7S/c1-3-9-26-18-21-17-19-12(2)10-16(25(17)24-18)20-15-11-14(22-23-15)13-7-5-4-6-8-13/h3-8,10-11H,1,9H2,2H3,(H2,20,22,23). The zero-order valence-electron chi connectivity index (χ0n) is 14.2. The fraction of sp³-hybridized carbons (Fsp3) is 0.111. The number of aromatic nitrogens is 6. The molecule has 2 N–H and O–H groups in total. The van der Waals surface area contributed by atoms with Crippen molar-refractivity contribution in [2.24, 2.45) is 0 Å². The van der Waals surface area contributed by atoms with Crippen LogP contribution in [0, 0.1) is 6.92 Å². The number of aromatic amines is 1. The van der Waals surface area contributed by atoms with Gasteiger partial charge >= 0.3 is 0 Å². The maximum absolute atomic E-state index is 4.51. The Kier molecular flexibility index (Phi) is 4.40. The summed E-state index contributed by atoms with van der Waals surface area (Å²) in [5.41, 5.74) is 2.87. The molecule has 8 heteroatoms. The molecule has 3 aromatic heterocycles. The first kappa shape index (κ1) is 16.3. The summed E-state index contributed by atoms with van der Waals surface area (Å²) in [6.45, 7) is 5.65. The van der Waals surface area contributed by atoms with Crippen molar-refractivity contribution in [3.05, 3.63) is 60.8 Å².